The molecule has 3 aromatic heterocycles. The van der Waals surface area contributed by atoms with Crippen molar-refractivity contribution < 1.29 is 4.42 Å². The fourth-order valence-corrected chi connectivity index (χ4v) is 8.92. The highest BCUT2D eigenvalue weighted by atomic mass is 16.3. The predicted molar refractivity (Wildman–Crippen MR) is 240 cm³/mol. The van der Waals surface area contributed by atoms with Gasteiger partial charge in [0, 0.05) is 21.7 Å². The van der Waals surface area contributed by atoms with Gasteiger partial charge in [-0.3, -0.25) is 4.57 Å². The molecule has 0 atom stereocenters. The van der Waals surface area contributed by atoms with E-state index in [9.17, 15) is 0 Å². The molecule has 3 heterocycles. The molecular weight excluding hydrogens is 707 g/mol. The first-order chi connectivity index (χ1) is 28.7. The van der Waals surface area contributed by atoms with E-state index in [1.54, 1.807) is 0 Å². The number of hydrogen-bond donors (Lipinski definition) is 0. The third-order valence-corrected chi connectivity index (χ3v) is 11.6. The van der Waals surface area contributed by atoms with Crippen molar-refractivity contribution in [1.82, 2.24) is 14.5 Å². The highest BCUT2D eigenvalue weighted by molar-refractivity contribution is 6.13. The maximum Gasteiger partial charge on any atom is 0.238 e. The topological polar surface area (TPSA) is 43.9 Å². The van der Waals surface area contributed by atoms with E-state index in [1.165, 1.54) is 38.6 Å². The van der Waals surface area contributed by atoms with E-state index in [-0.39, 0.29) is 0 Å². The van der Waals surface area contributed by atoms with Gasteiger partial charge >= 0.3 is 0 Å². The highest BCUT2D eigenvalue weighted by Gasteiger charge is 2.21. The van der Waals surface area contributed by atoms with E-state index in [4.69, 9.17) is 14.4 Å². The van der Waals surface area contributed by atoms with Gasteiger partial charge in [-0.05, 0) is 85.3 Å². The molecule has 0 aliphatic heterocycles. The molecule has 12 aromatic rings. The van der Waals surface area contributed by atoms with Gasteiger partial charge in [-0.15, -0.1) is 0 Å². The van der Waals surface area contributed by atoms with Crippen LogP contribution in [0.2, 0.25) is 0 Å². The van der Waals surface area contributed by atoms with Crippen LogP contribution in [0.5, 0.6) is 0 Å². The fraction of sp³-hybridized carbons (Fsp3) is 0. The van der Waals surface area contributed by atoms with E-state index in [0.717, 1.165) is 65.8 Å². The highest BCUT2D eigenvalue weighted by Crippen LogP contribution is 2.41. The van der Waals surface area contributed by atoms with E-state index < -0.39 is 0 Å². The zero-order valence-corrected chi connectivity index (χ0v) is 31.3. The lowest BCUT2D eigenvalue weighted by atomic mass is 9.90. The first-order valence-electron chi connectivity index (χ1n) is 19.7. The van der Waals surface area contributed by atoms with Crippen molar-refractivity contribution in [3.63, 3.8) is 0 Å². The molecule has 4 heteroatoms. The van der Waals surface area contributed by atoms with Crippen LogP contribution >= 0.6 is 0 Å². The number of nitrogens with zero attached hydrogens (tertiary/aromatic N) is 3. The number of fused-ring (bicyclic) bond motifs is 8. The van der Waals surface area contributed by atoms with Crippen molar-refractivity contribution in [2.75, 3.05) is 0 Å². The average molecular weight is 740 g/mol. The van der Waals surface area contributed by atoms with Gasteiger partial charge in [0.1, 0.15) is 5.58 Å². The molecule has 270 valence electrons. The quantitative estimate of drug-likeness (QED) is 0.177. The molecule has 0 spiro atoms. The number of furan rings is 1. The Morgan fingerprint density at radius 1 is 0.362 bits per heavy atom. The summed E-state index contributed by atoms with van der Waals surface area (Å²) in [7, 11) is 0. The number of para-hydroxylation sites is 3. The van der Waals surface area contributed by atoms with Gasteiger partial charge in [-0.1, -0.05) is 170 Å². The van der Waals surface area contributed by atoms with Crippen molar-refractivity contribution in [2.45, 2.75) is 0 Å². The van der Waals surface area contributed by atoms with Crippen LogP contribution in [0.25, 0.3) is 116 Å². The van der Waals surface area contributed by atoms with Crippen molar-refractivity contribution >= 4 is 65.4 Å². The maximum atomic E-state index is 6.49. The Labute approximate surface area is 333 Å². The molecule has 0 saturated carbocycles. The number of hydrogen-bond acceptors (Lipinski definition) is 3. The Morgan fingerprint density at radius 2 is 0.931 bits per heavy atom. The maximum absolute atomic E-state index is 6.49. The third kappa shape index (κ3) is 5.09. The molecule has 0 bridgehead atoms. The Hall–Kier alpha value is -7.82. The Kier molecular flexibility index (Phi) is 7.20. The largest absolute Gasteiger partial charge is 0.437 e. The van der Waals surface area contributed by atoms with Gasteiger partial charge in [0.05, 0.1) is 22.1 Å². The molecule has 4 nitrogen and oxygen atoms in total. The molecule has 9 aromatic carbocycles. The molecule has 0 unspecified atom stereocenters. The second kappa shape index (κ2) is 12.9. The van der Waals surface area contributed by atoms with Gasteiger partial charge in [0.25, 0.3) is 0 Å². The van der Waals surface area contributed by atoms with Crippen LogP contribution < -0.4 is 0 Å². The molecule has 0 N–H and O–H groups in total. The second-order valence-electron chi connectivity index (χ2n) is 14.9. The van der Waals surface area contributed by atoms with Gasteiger partial charge in [0.15, 0.2) is 0 Å². The first-order valence-corrected chi connectivity index (χ1v) is 19.7. The number of benzene rings is 9. The van der Waals surface area contributed by atoms with Crippen LogP contribution in [-0.4, -0.2) is 14.5 Å². The summed E-state index contributed by atoms with van der Waals surface area (Å²) in [6.07, 6.45) is 0. The molecule has 58 heavy (non-hydrogen) atoms. The molecule has 0 aliphatic rings. The lowest BCUT2D eigenvalue weighted by Crippen LogP contribution is -2.02. The summed E-state index contributed by atoms with van der Waals surface area (Å²) >= 11 is 0. The van der Waals surface area contributed by atoms with Crippen LogP contribution in [0.15, 0.2) is 205 Å². The summed E-state index contributed by atoms with van der Waals surface area (Å²) in [6.45, 7) is 0. The zero-order valence-electron chi connectivity index (χ0n) is 31.3. The smallest absolute Gasteiger partial charge is 0.238 e. The van der Waals surface area contributed by atoms with Gasteiger partial charge < -0.3 is 4.42 Å². The van der Waals surface area contributed by atoms with E-state index in [1.807, 2.05) is 18.2 Å². The summed E-state index contributed by atoms with van der Waals surface area (Å²) in [6, 6.07) is 71.2. The molecule has 0 radical (unpaired) electrons. The van der Waals surface area contributed by atoms with Crippen LogP contribution in [0.4, 0.5) is 0 Å². The second-order valence-corrected chi connectivity index (χ2v) is 14.9. The summed E-state index contributed by atoms with van der Waals surface area (Å²) in [5, 5.41) is 8.97. The lowest BCUT2D eigenvalue weighted by Gasteiger charge is -2.14. The van der Waals surface area contributed by atoms with Crippen LogP contribution in [0.3, 0.4) is 0 Å². The molecule has 12 rings (SSSR count). The summed E-state index contributed by atoms with van der Waals surface area (Å²) in [5.74, 6) is 0.577. The molecule has 0 fully saturated rings. The van der Waals surface area contributed by atoms with Crippen molar-refractivity contribution in [3.8, 4) is 50.6 Å². The predicted octanol–water partition coefficient (Wildman–Crippen LogP) is 14.4. The third-order valence-electron chi connectivity index (χ3n) is 11.6. The van der Waals surface area contributed by atoms with Gasteiger partial charge in [0.2, 0.25) is 11.7 Å². The van der Waals surface area contributed by atoms with E-state index in [0.29, 0.717) is 11.7 Å². The molecular formula is C54H33N3O. The zero-order chi connectivity index (χ0) is 38.2. The first kappa shape index (κ1) is 32.4. The standard InChI is InChI=1S/C54H33N3O/c1-2-12-34(13-3-1)35-24-28-37(29-25-35)42-19-10-14-38-15-11-20-43(50(38)42)39-30-26-36-27-31-40(33-41(36)32-39)52-51-46-18-6-9-23-49(46)58-53(51)56-54(55-52)57-47-21-7-4-16-44(47)45-17-5-8-22-48(45)57/h1-33H. The lowest BCUT2D eigenvalue weighted by molar-refractivity contribution is 0.651. The van der Waals surface area contributed by atoms with Crippen molar-refractivity contribution in [1.29, 1.82) is 0 Å². The van der Waals surface area contributed by atoms with E-state index >= 15 is 0 Å². The monoisotopic (exact) mass is 739 g/mol. The number of rotatable bonds is 5. The average Bonchev–Trinajstić information content (AvgIpc) is 3.84. The molecule has 0 saturated heterocycles. The molecule has 0 amide bonds. The van der Waals surface area contributed by atoms with Gasteiger partial charge in [-0.2, -0.15) is 4.98 Å². The minimum absolute atomic E-state index is 0.567. The van der Waals surface area contributed by atoms with Crippen molar-refractivity contribution in [3.05, 3.63) is 200 Å². The van der Waals surface area contributed by atoms with E-state index in [2.05, 4.69) is 187 Å². The van der Waals surface area contributed by atoms with Gasteiger partial charge in [-0.25, -0.2) is 4.98 Å². The SMILES string of the molecule is c1ccc(-c2ccc(-c3cccc4cccc(-c5ccc6ccc(-c7nc(-n8c9ccccc9c9ccccc98)nc8oc9ccccc9c78)cc6c5)c34)cc2)cc1. The summed E-state index contributed by atoms with van der Waals surface area (Å²) in [5.41, 5.74) is 12.5. The Balaban J connectivity index is 1.04. The van der Waals surface area contributed by atoms with Crippen LogP contribution in [0.1, 0.15) is 0 Å². The number of aromatic nitrogens is 3. The Morgan fingerprint density at radius 3 is 1.67 bits per heavy atom. The fourth-order valence-electron chi connectivity index (χ4n) is 8.92. The van der Waals surface area contributed by atoms with Crippen LogP contribution in [0, 0.1) is 0 Å². The normalized spacial score (nSPS) is 11.8. The van der Waals surface area contributed by atoms with Crippen LogP contribution in [-0.2, 0) is 0 Å². The minimum Gasteiger partial charge on any atom is -0.437 e. The van der Waals surface area contributed by atoms with Crippen molar-refractivity contribution in [2.24, 2.45) is 0 Å². The molecule has 0 aliphatic carbocycles. The summed E-state index contributed by atoms with van der Waals surface area (Å²) < 4.78 is 8.65. The Bertz CT molecular complexity index is 3500. The summed E-state index contributed by atoms with van der Waals surface area (Å²) in [4.78, 5) is 10.6. The minimum atomic E-state index is 0.567.